The van der Waals surface area contributed by atoms with E-state index in [1.54, 1.807) is 0 Å². The van der Waals surface area contributed by atoms with Crippen molar-refractivity contribution in [1.82, 2.24) is 4.90 Å². The van der Waals surface area contributed by atoms with Gasteiger partial charge in [-0.25, -0.2) is 0 Å². The zero-order chi connectivity index (χ0) is 13.7. The van der Waals surface area contributed by atoms with E-state index in [4.69, 9.17) is 16.3 Å². The van der Waals surface area contributed by atoms with Crippen molar-refractivity contribution in [1.29, 1.82) is 0 Å². The Balaban J connectivity index is 1.82. The minimum atomic E-state index is 0.764. The first-order valence-corrected chi connectivity index (χ1v) is 7.66. The molecule has 0 saturated carbocycles. The molecule has 1 aromatic rings. The van der Waals surface area contributed by atoms with Crippen LogP contribution in [-0.2, 0) is 0 Å². The maximum absolute atomic E-state index is 6.16. The highest BCUT2D eigenvalue weighted by Gasteiger charge is 2.09. The maximum Gasteiger partial charge on any atom is 0.119 e. The number of benzene rings is 1. The summed E-state index contributed by atoms with van der Waals surface area (Å²) in [6, 6.07) is 4.05. The van der Waals surface area contributed by atoms with Crippen LogP contribution in [0.15, 0.2) is 12.1 Å². The van der Waals surface area contributed by atoms with Gasteiger partial charge in [0.1, 0.15) is 12.4 Å². The Morgan fingerprint density at radius 3 is 2.21 bits per heavy atom. The third kappa shape index (κ3) is 4.39. The van der Waals surface area contributed by atoms with Crippen molar-refractivity contribution in [2.45, 2.75) is 39.5 Å². The molecule has 1 aliphatic rings. The van der Waals surface area contributed by atoms with Crippen molar-refractivity contribution >= 4 is 11.6 Å². The van der Waals surface area contributed by atoms with Gasteiger partial charge in [-0.1, -0.05) is 24.4 Å². The Bertz CT molecular complexity index is 388. The van der Waals surface area contributed by atoms with Crippen LogP contribution in [0, 0.1) is 13.8 Å². The Morgan fingerprint density at radius 1 is 1.05 bits per heavy atom. The first-order valence-electron chi connectivity index (χ1n) is 7.29. The zero-order valence-corrected chi connectivity index (χ0v) is 12.8. The smallest absolute Gasteiger partial charge is 0.119 e. The average molecular weight is 282 g/mol. The standard InChI is InChI=1S/C16H24ClNO/c1-13-11-15(12-14(2)16(13)17)19-10-9-18-7-5-3-4-6-8-18/h11-12H,3-10H2,1-2H3. The van der Waals surface area contributed by atoms with Crippen molar-refractivity contribution in [3.8, 4) is 5.75 Å². The van der Waals surface area contributed by atoms with Crippen molar-refractivity contribution in [3.05, 3.63) is 28.3 Å². The highest BCUT2D eigenvalue weighted by Crippen LogP contribution is 2.25. The van der Waals surface area contributed by atoms with E-state index in [0.29, 0.717) is 0 Å². The van der Waals surface area contributed by atoms with Crippen LogP contribution < -0.4 is 4.74 Å². The number of rotatable bonds is 4. The Labute approximate surface area is 121 Å². The number of halogens is 1. The number of ether oxygens (including phenoxy) is 1. The molecule has 106 valence electrons. The van der Waals surface area contributed by atoms with E-state index in [1.165, 1.54) is 38.8 Å². The summed E-state index contributed by atoms with van der Waals surface area (Å²) in [5, 5.41) is 0.847. The lowest BCUT2D eigenvalue weighted by atomic mass is 10.1. The van der Waals surface area contributed by atoms with E-state index in [2.05, 4.69) is 4.90 Å². The van der Waals surface area contributed by atoms with Crippen LogP contribution in [0.25, 0.3) is 0 Å². The largest absolute Gasteiger partial charge is 0.492 e. The second-order valence-corrected chi connectivity index (χ2v) is 5.85. The second-order valence-electron chi connectivity index (χ2n) is 5.48. The number of likely N-dealkylation sites (tertiary alicyclic amines) is 1. The quantitative estimate of drug-likeness (QED) is 0.820. The molecule has 0 spiro atoms. The lowest BCUT2D eigenvalue weighted by Crippen LogP contribution is -2.29. The molecule has 0 unspecified atom stereocenters. The van der Waals surface area contributed by atoms with Gasteiger partial charge in [-0.05, 0) is 63.0 Å². The van der Waals surface area contributed by atoms with Gasteiger partial charge in [-0.2, -0.15) is 0 Å². The number of hydrogen-bond acceptors (Lipinski definition) is 2. The first kappa shape index (κ1) is 14.7. The molecule has 2 nitrogen and oxygen atoms in total. The number of hydrogen-bond donors (Lipinski definition) is 0. The molecule has 0 radical (unpaired) electrons. The van der Waals surface area contributed by atoms with Crippen LogP contribution >= 0.6 is 11.6 Å². The molecule has 1 fully saturated rings. The normalized spacial score (nSPS) is 17.2. The van der Waals surface area contributed by atoms with Crippen molar-refractivity contribution < 1.29 is 4.74 Å². The fraction of sp³-hybridized carbons (Fsp3) is 0.625. The van der Waals surface area contributed by atoms with Gasteiger partial charge in [0.2, 0.25) is 0 Å². The summed E-state index contributed by atoms with van der Waals surface area (Å²) < 4.78 is 5.87. The van der Waals surface area contributed by atoms with Crippen LogP contribution in [0.2, 0.25) is 5.02 Å². The van der Waals surface area contributed by atoms with Gasteiger partial charge in [0.15, 0.2) is 0 Å². The summed E-state index contributed by atoms with van der Waals surface area (Å²) in [4.78, 5) is 2.52. The summed E-state index contributed by atoms with van der Waals surface area (Å²) in [5.74, 6) is 0.939. The van der Waals surface area contributed by atoms with Gasteiger partial charge >= 0.3 is 0 Å². The molecule has 1 saturated heterocycles. The van der Waals surface area contributed by atoms with Crippen LogP contribution in [-0.4, -0.2) is 31.1 Å². The van der Waals surface area contributed by atoms with E-state index in [1.807, 2.05) is 26.0 Å². The van der Waals surface area contributed by atoms with Crippen LogP contribution in [0.4, 0.5) is 0 Å². The number of nitrogens with zero attached hydrogens (tertiary/aromatic N) is 1. The number of aryl methyl sites for hydroxylation is 2. The Morgan fingerprint density at radius 2 is 1.63 bits per heavy atom. The molecule has 19 heavy (non-hydrogen) atoms. The lowest BCUT2D eigenvalue weighted by molar-refractivity contribution is 0.214. The second kappa shape index (κ2) is 7.16. The van der Waals surface area contributed by atoms with E-state index < -0.39 is 0 Å². The molecule has 3 heteroatoms. The van der Waals surface area contributed by atoms with Crippen molar-refractivity contribution in [2.75, 3.05) is 26.2 Å². The van der Waals surface area contributed by atoms with E-state index in [9.17, 15) is 0 Å². The summed E-state index contributed by atoms with van der Waals surface area (Å²) in [7, 11) is 0. The minimum absolute atomic E-state index is 0.764. The molecule has 1 aliphatic heterocycles. The van der Waals surface area contributed by atoms with Gasteiger partial charge in [-0.3, -0.25) is 4.90 Å². The Hall–Kier alpha value is -0.730. The van der Waals surface area contributed by atoms with E-state index >= 15 is 0 Å². The monoisotopic (exact) mass is 281 g/mol. The fourth-order valence-corrected chi connectivity index (χ4v) is 2.75. The molecular formula is C16H24ClNO. The van der Waals surface area contributed by atoms with Crippen molar-refractivity contribution in [2.24, 2.45) is 0 Å². The molecular weight excluding hydrogens is 258 g/mol. The average Bonchev–Trinajstić information content (AvgIpc) is 2.64. The van der Waals surface area contributed by atoms with Crippen LogP contribution in [0.3, 0.4) is 0 Å². The van der Waals surface area contributed by atoms with Crippen LogP contribution in [0.5, 0.6) is 5.75 Å². The highest BCUT2D eigenvalue weighted by atomic mass is 35.5. The maximum atomic E-state index is 6.16. The third-order valence-electron chi connectivity index (χ3n) is 3.78. The molecule has 0 amide bonds. The summed E-state index contributed by atoms with van der Waals surface area (Å²) in [6.45, 7) is 8.29. The summed E-state index contributed by atoms with van der Waals surface area (Å²) >= 11 is 6.16. The predicted molar refractivity (Wildman–Crippen MR) is 81.3 cm³/mol. The van der Waals surface area contributed by atoms with Gasteiger partial charge < -0.3 is 4.74 Å². The van der Waals surface area contributed by atoms with Gasteiger partial charge in [-0.15, -0.1) is 0 Å². The predicted octanol–water partition coefficient (Wildman–Crippen LogP) is 4.21. The molecule has 1 aromatic carbocycles. The minimum Gasteiger partial charge on any atom is -0.492 e. The van der Waals surface area contributed by atoms with Crippen LogP contribution in [0.1, 0.15) is 36.8 Å². The summed E-state index contributed by atoms with van der Waals surface area (Å²) in [5.41, 5.74) is 2.18. The highest BCUT2D eigenvalue weighted by molar-refractivity contribution is 6.32. The van der Waals surface area contributed by atoms with Gasteiger partial charge in [0, 0.05) is 11.6 Å². The molecule has 1 heterocycles. The SMILES string of the molecule is Cc1cc(OCCN2CCCCCC2)cc(C)c1Cl. The molecule has 0 N–H and O–H groups in total. The lowest BCUT2D eigenvalue weighted by Gasteiger charge is -2.20. The van der Waals surface area contributed by atoms with E-state index in [-0.39, 0.29) is 0 Å². The first-order chi connectivity index (χ1) is 9.16. The van der Waals surface area contributed by atoms with E-state index in [0.717, 1.165) is 35.1 Å². The molecule has 0 bridgehead atoms. The third-order valence-corrected chi connectivity index (χ3v) is 4.38. The molecule has 0 aliphatic carbocycles. The zero-order valence-electron chi connectivity index (χ0n) is 12.0. The van der Waals surface area contributed by atoms with Gasteiger partial charge in [0.05, 0.1) is 0 Å². The molecule has 0 atom stereocenters. The topological polar surface area (TPSA) is 12.5 Å². The summed E-state index contributed by atoms with van der Waals surface area (Å²) in [6.07, 6.45) is 5.43. The molecule has 0 aromatic heterocycles. The fourth-order valence-electron chi connectivity index (χ4n) is 2.64. The Kier molecular flexibility index (Phi) is 5.53. The van der Waals surface area contributed by atoms with Gasteiger partial charge in [0.25, 0.3) is 0 Å². The van der Waals surface area contributed by atoms with Crippen molar-refractivity contribution in [3.63, 3.8) is 0 Å². The molecule has 2 rings (SSSR count).